The fraction of sp³-hybridized carbons (Fsp3) is 0.231. The van der Waals surface area contributed by atoms with Crippen molar-refractivity contribution in [3.63, 3.8) is 0 Å². The molecule has 6 rings (SSSR count). The summed E-state index contributed by atoms with van der Waals surface area (Å²) in [5.41, 5.74) is 4.28. The highest BCUT2D eigenvalue weighted by Crippen LogP contribution is 2.55. The minimum Gasteiger partial charge on any atom is -0.465 e. The first kappa shape index (κ1) is 25.9. The number of carbonyl (C=O) groups is 2. The van der Waals surface area contributed by atoms with Crippen LogP contribution >= 0.6 is 0 Å². The summed E-state index contributed by atoms with van der Waals surface area (Å²) in [7, 11) is -5.66. The van der Waals surface area contributed by atoms with Gasteiger partial charge in [0.2, 0.25) is 17.4 Å². The lowest BCUT2D eigenvalue weighted by molar-refractivity contribution is -0.151. The van der Waals surface area contributed by atoms with E-state index in [0.717, 1.165) is 22.3 Å². The Morgan fingerprint density at radius 2 is 1.34 bits per heavy atom. The highest BCUT2D eigenvalue weighted by Gasteiger charge is 2.46. The molecule has 3 aliphatic carbocycles. The molecule has 3 aromatic rings. The summed E-state index contributed by atoms with van der Waals surface area (Å²) in [6.45, 7) is -0.549. The van der Waals surface area contributed by atoms with E-state index >= 15 is 0 Å². The van der Waals surface area contributed by atoms with E-state index < -0.39 is 74.9 Å². The van der Waals surface area contributed by atoms with Crippen LogP contribution in [-0.2, 0) is 24.4 Å². The fourth-order valence-corrected chi connectivity index (χ4v) is 5.91. The third-order valence-corrected chi connectivity index (χ3v) is 7.69. The molecule has 2 bridgehead atoms. The number of carbonyl (C=O) groups excluding carboxylic acids is 2. The SMILES string of the molecule is O=C(CCOC(=O)C1CC2c3ccccc3C1c1ccccc12)Oc1c(F)c(F)c(S(=O)(=O)O)c(F)c1F. The van der Waals surface area contributed by atoms with Crippen molar-refractivity contribution < 1.29 is 49.6 Å². The smallest absolute Gasteiger partial charge is 0.314 e. The van der Waals surface area contributed by atoms with Gasteiger partial charge in [0, 0.05) is 11.8 Å². The molecule has 3 aromatic carbocycles. The van der Waals surface area contributed by atoms with Crippen molar-refractivity contribution >= 4 is 22.1 Å². The molecule has 198 valence electrons. The standard InChI is InChI=1S/C26H18F4O7S/c27-20-22(29)25(38(33,34)35)23(30)21(28)24(20)37-18(31)9-10-36-26(32)17-11-16-12-5-1-3-7-14(12)19(17)15-8-4-2-6-13(15)16/h1-8,16-17,19H,9-11H2,(H,33,34,35). The topological polar surface area (TPSA) is 107 Å². The summed E-state index contributed by atoms with van der Waals surface area (Å²) in [4.78, 5) is 22.8. The van der Waals surface area contributed by atoms with E-state index in [-0.39, 0.29) is 11.8 Å². The number of benzene rings is 3. The van der Waals surface area contributed by atoms with Crippen molar-refractivity contribution in [1.82, 2.24) is 0 Å². The minimum atomic E-state index is -5.66. The van der Waals surface area contributed by atoms with Gasteiger partial charge in [-0.25, -0.2) is 8.78 Å². The summed E-state index contributed by atoms with van der Waals surface area (Å²) >= 11 is 0. The summed E-state index contributed by atoms with van der Waals surface area (Å²) in [6.07, 6.45) is -0.237. The van der Waals surface area contributed by atoms with Crippen LogP contribution in [-0.4, -0.2) is 31.5 Å². The molecule has 0 heterocycles. The van der Waals surface area contributed by atoms with Crippen LogP contribution in [0.3, 0.4) is 0 Å². The summed E-state index contributed by atoms with van der Waals surface area (Å²) in [5.74, 6) is -14.3. The fourth-order valence-electron chi connectivity index (χ4n) is 5.28. The molecule has 0 radical (unpaired) electrons. The average Bonchev–Trinajstić information content (AvgIpc) is 2.89. The number of fused-ring (bicyclic) bond motifs is 1. The summed E-state index contributed by atoms with van der Waals surface area (Å²) in [6, 6.07) is 15.6. The Balaban J connectivity index is 1.27. The van der Waals surface area contributed by atoms with Crippen LogP contribution in [0.5, 0.6) is 5.75 Å². The maximum absolute atomic E-state index is 14.1. The number of halogens is 4. The first-order valence-electron chi connectivity index (χ1n) is 11.4. The predicted octanol–water partition coefficient (Wildman–Crippen LogP) is 4.63. The van der Waals surface area contributed by atoms with Crippen LogP contribution in [0.25, 0.3) is 0 Å². The first-order chi connectivity index (χ1) is 18.0. The molecule has 0 amide bonds. The second-order valence-electron chi connectivity index (χ2n) is 8.91. The van der Waals surface area contributed by atoms with E-state index in [0.29, 0.717) is 6.42 Å². The van der Waals surface area contributed by atoms with E-state index in [4.69, 9.17) is 9.29 Å². The summed E-state index contributed by atoms with van der Waals surface area (Å²) in [5, 5.41) is 0. The maximum Gasteiger partial charge on any atom is 0.314 e. The van der Waals surface area contributed by atoms with Crippen LogP contribution in [0.15, 0.2) is 53.4 Å². The molecule has 1 atom stereocenters. The molecule has 0 saturated carbocycles. The lowest BCUT2D eigenvalue weighted by Gasteiger charge is -2.44. The molecular formula is C26H18F4O7S. The van der Waals surface area contributed by atoms with Crippen molar-refractivity contribution in [2.75, 3.05) is 6.61 Å². The van der Waals surface area contributed by atoms with Crippen LogP contribution in [0.4, 0.5) is 17.6 Å². The molecule has 3 aliphatic rings. The zero-order valence-electron chi connectivity index (χ0n) is 19.3. The second kappa shape index (κ2) is 9.52. The van der Waals surface area contributed by atoms with Crippen molar-refractivity contribution in [3.05, 3.63) is 94.1 Å². The van der Waals surface area contributed by atoms with E-state index in [1.807, 2.05) is 48.5 Å². The molecule has 0 aliphatic heterocycles. The molecule has 12 heteroatoms. The molecule has 7 nitrogen and oxygen atoms in total. The number of hydrogen-bond acceptors (Lipinski definition) is 6. The van der Waals surface area contributed by atoms with Crippen molar-refractivity contribution in [1.29, 1.82) is 0 Å². The Labute approximate surface area is 213 Å². The van der Waals surface area contributed by atoms with Gasteiger partial charge in [0.05, 0.1) is 12.3 Å². The van der Waals surface area contributed by atoms with Gasteiger partial charge in [-0.15, -0.1) is 0 Å². The Morgan fingerprint density at radius 1 is 0.842 bits per heavy atom. The number of ether oxygens (including phenoxy) is 2. The highest BCUT2D eigenvalue weighted by atomic mass is 32.2. The lowest BCUT2D eigenvalue weighted by Crippen LogP contribution is -2.37. The largest absolute Gasteiger partial charge is 0.465 e. The van der Waals surface area contributed by atoms with Crippen molar-refractivity contribution in [2.45, 2.75) is 29.6 Å². The molecular weight excluding hydrogens is 532 g/mol. The van der Waals surface area contributed by atoms with Crippen LogP contribution in [0, 0.1) is 29.2 Å². The van der Waals surface area contributed by atoms with E-state index in [1.165, 1.54) is 0 Å². The predicted molar refractivity (Wildman–Crippen MR) is 122 cm³/mol. The van der Waals surface area contributed by atoms with E-state index in [9.17, 15) is 35.6 Å². The number of esters is 2. The normalized spacial score (nSPS) is 19.4. The molecule has 38 heavy (non-hydrogen) atoms. The van der Waals surface area contributed by atoms with Gasteiger partial charge < -0.3 is 9.47 Å². The third-order valence-electron chi connectivity index (χ3n) is 6.81. The molecule has 0 fully saturated rings. The maximum atomic E-state index is 14.1. The van der Waals surface area contributed by atoms with Crippen molar-refractivity contribution in [3.8, 4) is 5.75 Å². The second-order valence-corrected chi connectivity index (χ2v) is 10.3. The number of hydrogen-bond donors (Lipinski definition) is 1. The Hall–Kier alpha value is -3.77. The Bertz CT molecular complexity index is 1510. The van der Waals surface area contributed by atoms with Gasteiger partial charge in [-0.2, -0.15) is 17.2 Å². The molecule has 0 aromatic heterocycles. The molecule has 1 unspecified atom stereocenters. The monoisotopic (exact) mass is 550 g/mol. The number of rotatable bonds is 6. The van der Waals surface area contributed by atoms with Gasteiger partial charge in [0.25, 0.3) is 0 Å². The van der Waals surface area contributed by atoms with E-state index in [2.05, 4.69) is 4.74 Å². The van der Waals surface area contributed by atoms with Crippen molar-refractivity contribution in [2.24, 2.45) is 5.92 Å². The lowest BCUT2D eigenvalue weighted by atomic mass is 9.59. The molecule has 0 saturated heterocycles. The first-order valence-corrected chi connectivity index (χ1v) is 12.8. The van der Waals surface area contributed by atoms with Gasteiger partial charge >= 0.3 is 22.1 Å². The highest BCUT2D eigenvalue weighted by molar-refractivity contribution is 7.85. The van der Waals surface area contributed by atoms with Crippen LogP contribution in [0.1, 0.15) is 46.9 Å². The van der Waals surface area contributed by atoms with Gasteiger partial charge in [0.1, 0.15) is 6.61 Å². The van der Waals surface area contributed by atoms with Crippen LogP contribution < -0.4 is 4.74 Å². The van der Waals surface area contributed by atoms with Crippen LogP contribution in [0.2, 0.25) is 0 Å². The van der Waals surface area contributed by atoms with E-state index in [1.54, 1.807) is 0 Å². The minimum absolute atomic E-state index is 0.0173. The quantitative estimate of drug-likeness (QED) is 0.157. The summed E-state index contributed by atoms with van der Waals surface area (Å²) < 4.78 is 96.5. The average molecular weight is 550 g/mol. The zero-order chi connectivity index (χ0) is 27.4. The Morgan fingerprint density at radius 3 is 1.84 bits per heavy atom. The van der Waals surface area contributed by atoms with Gasteiger partial charge in [-0.3, -0.25) is 14.1 Å². The zero-order valence-corrected chi connectivity index (χ0v) is 20.1. The van der Waals surface area contributed by atoms with Gasteiger partial charge in [-0.05, 0) is 28.7 Å². The Kier molecular flexibility index (Phi) is 6.48. The molecule has 1 N–H and O–H groups in total. The molecule has 0 spiro atoms. The van der Waals surface area contributed by atoms with Gasteiger partial charge in [-0.1, -0.05) is 48.5 Å². The third kappa shape index (κ3) is 4.23. The van der Waals surface area contributed by atoms with Gasteiger partial charge in [0.15, 0.2) is 16.5 Å².